The smallest absolute Gasteiger partial charge is 0.191 e. The SMILES string of the molecule is CCCCOCCCNC(=NCC(O)c1ccc(Cl)s1)NCC. The molecule has 3 N–H and O–H groups in total. The Morgan fingerprint density at radius 2 is 2.09 bits per heavy atom. The third kappa shape index (κ3) is 9.15. The second kappa shape index (κ2) is 12.6. The first-order chi connectivity index (χ1) is 11.2. The zero-order valence-electron chi connectivity index (χ0n) is 14.0. The summed E-state index contributed by atoms with van der Waals surface area (Å²) >= 11 is 7.26. The molecule has 0 amide bonds. The molecule has 0 aliphatic carbocycles. The van der Waals surface area contributed by atoms with Crippen LogP contribution in [0.4, 0.5) is 0 Å². The molecule has 0 aliphatic heterocycles. The van der Waals surface area contributed by atoms with E-state index >= 15 is 0 Å². The molecule has 1 unspecified atom stereocenters. The molecule has 1 rings (SSSR count). The molecule has 132 valence electrons. The van der Waals surface area contributed by atoms with Gasteiger partial charge in [0.25, 0.3) is 0 Å². The maximum absolute atomic E-state index is 10.1. The summed E-state index contributed by atoms with van der Waals surface area (Å²) in [5.74, 6) is 0.711. The van der Waals surface area contributed by atoms with Crippen LogP contribution in [0.15, 0.2) is 17.1 Å². The van der Waals surface area contributed by atoms with Crippen LogP contribution in [-0.2, 0) is 4.74 Å². The number of rotatable bonds is 11. The molecule has 1 aromatic heterocycles. The van der Waals surface area contributed by atoms with Gasteiger partial charge in [0.05, 0.1) is 10.9 Å². The van der Waals surface area contributed by atoms with Crippen molar-refractivity contribution < 1.29 is 9.84 Å². The van der Waals surface area contributed by atoms with Crippen LogP contribution >= 0.6 is 22.9 Å². The van der Waals surface area contributed by atoms with Gasteiger partial charge in [-0.25, -0.2) is 0 Å². The van der Waals surface area contributed by atoms with Gasteiger partial charge >= 0.3 is 0 Å². The van der Waals surface area contributed by atoms with E-state index in [9.17, 15) is 5.11 Å². The molecule has 0 saturated heterocycles. The summed E-state index contributed by atoms with van der Waals surface area (Å²) in [6.07, 6.45) is 2.58. The minimum Gasteiger partial charge on any atom is -0.386 e. The largest absolute Gasteiger partial charge is 0.386 e. The van der Waals surface area contributed by atoms with E-state index < -0.39 is 6.10 Å². The second-order valence-electron chi connectivity index (χ2n) is 5.12. The van der Waals surface area contributed by atoms with Gasteiger partial charge in [0.15, 0.2) is 5.96 Å². The molecule has 0 fully saturated rings. The van der Waals surface area contributed by atoms with Crippen LogP contribution in [0, 0.1) is 0 Å². The molecule has 5 nitrogen and oxygen atoms in total. The Morgan fingerprint density at radius 3 is 2.74 bits per heavy atom. The molecule has 1 aromatic rings. The van der Waals surface area contributed by atoms with Gasteiger partial charge in [0, 0.05) is 31.2 Å². The number of ether oxygens (including phenoxy) is 1. The normalized spacial score (nSPS) is 13.1. The maximum Gasteiger partial charge on any atom is 0.191 e. The van der Waals surface area contributed by atoms with Gasteiger partial charge in [0.1, 0.15) is 6.10 Å². The highest BCUT2D eigenvalue weighted by molar-refractivity contribution is 7.16. The van der Waals surface area contributed by atoms with Crippen molar-refractivity contribution in [1.29, 1.82) is 0 Å². The van der Waals surface area contributed by atoms with Gasteiger partial charge < -0.3 is 20.5 Å². The molecular formula is C16H28ClN3O2S. The molecule has 1 heterocycles. The molecule has 7 heteroatoms. The van der Waals surface area contributed by atoms with Crippen molar-refractivity contribution in [1.82, 2.24) is 10.6 Å². The molecular weight excluding hydrogens is 334 g/mol. The summed E-state index contributed by atoms with van der Waals surface area (Å²) in [7, 11) is 0. The second-order valence-corrected chi connectivity index (χ2v) is 6.87. The lowest BCUT2D eigenvalue weighted by Gasteiger charge is -2.12. The van der Waals surface area contributed by atoms with E-state index in [1.165, 1.54) is 11.3 Å². The number of aliphatic hydroxyl groups excluding tert-OH is 1. The highest BCUT2D eigenvalue weighted by Crippen LogP contribution is 2.26. The van der Waals surface area contributed by atoms with Crippen LogP contribution in [0.2, 0.25) is 4.34 Å². The Hall–Kier alpha value is -0.820. The van der Waals surface area contributed by atoms with Gasteiger partial charge in [-0.05, 0) is 31.9 Å². The number of hydrogen-bond acceptors (Lipinski definition) is 4. The fourth-order valence-corrected chi connectivity index (χ4v) is 2.88. The van der Waals surface area contributed by atoms with Gasteiger partial charge in [0.2, 0.25) is 0 Å². The number of unbranched alkanes of at least 4 members (excludes halogenated alkanes) is 1. The number of nitrogens with one attached hydrogen (secondary N) is 2. The summed E-state index contributed by atoms with van der Waals surface area (Å²) in [6.45, 7) is 7.63. The Labute approximate surface area is 148 Å². The van der Waals surface area contributed by atoms with Crippen molar-refractivity contribution in [3.8, 4) is 0 Å². The lowest BCUT2D eigenvalue weighted by atomic mass is 10.3. The van der Waals surface area contributed by atoms with E-state index in [0.29, 0.717) is 16.8 Å². The van der Waals surface area contributed by atoms with Gasteiger partial charge in [-0.3, -0.25) is 4.99 Å². The quantitative estimate of drug-likeness (QED) is 0.322. The minimum atomic E-state index is -0.625. The third-order valence-corrected chi connectivity index (χ3v) is 4.42. The molecule has 0 spiro atoms. The lowest BCUT2D eigenvalue weighted by Crippen LogP contribution is -2.38. The van der Waals surface area contributed by atoms with Crippen LogP contribution in [0.1, 0.15) is 44.1 Å². The van der Waals surface area contributed by atoms with E-state index in [0.717, 1.165) is 50.4 Å². The number of aliphatic hydroxyl groups is 1. The summed E-state index contributed by atoms with van der Waals surface area (Å²) < 4.78 is 6.20. The van der Waals surface area contributed by atoms with Crippen LogP contribution in [0.3, 0.4) is 0 Å². The first kappa shape index (κ1) is 20.2. The van der Waals surface area contributed by atoms with Crippen LogP contribution in [0.5, 0.6) is 0 Å². The molecule has 23 heavy (non-hydrogen) atoms. The van der Waals surface area contributed by atoms with Crippen LogP contribution < -0.4 is 10.6 Å². The minimum absolute atomic E-state index is 0.305. The summed E-state index contributed by atoms with van der Waals surface area (Å²) in [5.41, 5.74) is 0. The monoisotopic (exact) mass is 361 g/mol. The standard InChI is InChI=1S/C16H28ClN3O2S/c1-3-5-10-22-11-6-9-19-16(18-4-2)20-12-13(21)14-7-8-15(17)23-14/h7-8,13,21H,3-6,9-12H2,1-2H3,(H2,18,19,20). The van der Waals surface area contributed by atoms with Gasteiger partial charge in [-0.1, -0.05) is 24.9 Å². The Kier molecular flexibility index (Phi) is 11.1. The van der Waals surface area contributed by atoms with E-state index in [1.54, 1.807) is 6.07 Å². The Bertz CT molecular complexity index is 454. The topological polar surface area (TPSA) is 65.9 Å². The van der Waals surface area contributed by atoms with Crippen molar-refractivity contribution in [2.75, 3.05) is 32.8 Å². The number of hydrogen-bond donors (Lipinski definition) is 3. The summed E-state index contributed by atoms with van der Waals surface area (Å²) in [5, 5.41) is 16.5. The number of thiophene rings is 1. The number of nitrogens with zero attached hydrogens (tertiary/aromatic N) is 1. The molecule has 0 aliphatic rings. The van der Waals surface area contributed by atoms with Crippen molar-refractivity contribution >= 4 is 28.9 Å². The van der Waals surface area contributed by atoms with Crippen molar-refractivity contribution in [3.63, 3.8) is 0 Å². The maximum atomic E-state index is 10.1. The predicted molar refractivity (Wildman–Crippen MR) is 98.6 cm³/mol. The van der Waals surface area contributed by atoms with Gasteiger partial charge in [-0.2, -0.15) is 0 Å². The first-order valence-electron chi connectivity index (χ1n) is 8.20. The summed E-state index contributed by atoms with van der Waals surface area (Å²) in [6, 6.07) is 3.62. The molecule has 0 bridgehead atoms. The molecule has 0 saturated carbocycles. The number of aliphatic imine (C=N–C) groups is 1. The number of halogens is 1. The Morgan fingerprint density at radius 1 is 1.30 bits per heavy atom. The van der Waals surface area contributed by atoms with E-state index in [1.807, 2.05) is 13.0 Å². The van der Waals surface area contributed by atoms with E-state index in [-0.39, 0.29) is 0 Å². The van der Waals surface area contributed by atoms with Crippen LogP contribution in [0.25, 0.3) is 0 Å². The van der Waals surface area contributed by atoms with Gasteiger partial charge in [-0.15, -0.1) is 11.3 Å². The molecule has 1 atom stereocenters. The highest BCUT2D eigenvalue weighted by atomic mass is 35.5. The number of guanidine groups is 1. The molecule has 0 radical (unpaired) electrons. The third-order valence-electron chi connectivity index (χ3n) is 3.09. The first-order valence-corrected chi connectivity index (χ1v) is 9.40. The predicted octanol–water partition coefficient (Wildman–Crippen LogP) is 3.20. The van der Waals surface area contributed by atoms with Crippen molar-refractivity contribution in [2.45, 2.75) is 39.2 Å². The van der Waals surface area contributed by atoms with Crippen LogP contribution in [-0.4, -0.2) is 43.9 Å². The average molecular weight is 362 g/mol. The average Bonchev–Trinajstić information content (AvgIpc) is 2.98. The fraction of sp³-hybridized carbons (Fsp3) is 0.688. The zero-order valence-corrected chi connectivity index (χ0v) is 15.6. The van der Waals surface area contributed by atoms with Crippen molar-refractivity contribution in [3.05, 3.63) is 21.3 Å². The van der Waals surface area contributed by atoms with E-state index in [2.05, 4.69) is 22.5 Å². The zero-order chi connectivity index (χ0) is 16.9. The highest BCUT2D eigenvalue weighted by Gasteiger charge is 2.10. The fourth-order valence-electron chi connectivity index (χ4n) is 1.85. The Balaban J connectivity index is 2.29. The lowest BCUT2D eigenvalue weighted by molar-refractivity contribution is 0.129. The van der Waals surface area contributed by atoms with Crippen molar-refractivity contribution in [2.24, 2.45) is 4.99 Å². The molecule has 0 aromatic carbocycles. The summed E-state index contributed by atoms with van der Waals surface area (Å²) in [4.78, 5) is 5.25. The van der Waals surface area contributed by atoms with E-state index in [4.69, 9.17) is 16.3 Å².